The molecule has 2 N–H and O–H groups in total. The number of hydrogen-bond donors (Lipinski definition) is 1. The first-order valence-electron chi connectivity index (χ1n) is 6.17. The normalized spacial score (nSPS) is 10.5. The van der Waals surface area contributed by atoms with Gasteiger partial charge < -0.3 is 15.2 Å². The Bertz CT molecular complexity index is 650. The lowest BCUT2D eigenvalue weighted by atomic mass is 10.1. The van der Waals surface area contributed by atoms with Crippen molar-refractivity contribution in [2.24, 2.45) is 5.73 Å². The number of rotatable bonds is 5. The van der Waals surface area contributed by atoms with E-state index in [-0.39, 0.29) is 12.4 Å². The van der Waals surface area contributed by atoms with Crippen molar-refractivity contribution in [3.05, 3.63) is 56.2 Å². The molecule has 2 aromatic carbocycles. The Morgan fingerprint density at radius 3 is 2.29 bits per heavy atom. The lowest BCUT2D eigenvalue weighted by Gasteiger charge is -2.12. The Balaban J connectivity index is 2.16. The minimum Gasteiger partial charge on any atom is -0.496 e. The summed E-state index contributed by atoms with van der Waals surface area (Å²) in [6.07, 6.45) is 0. The van der Waals surface area contributed by atoms with E-state index in [0.717, 1.165) is 20.1 Å². The van der Waals surface area contributed by atoms with E-state index >= 15 is 0 Å². The number of nitrogens with two attached hydrogens (primary N) is 1. The van der Waals surface area contributed by atoms with E-state index in [9.17, 15) is 4.39 Å². The van der Waals surface area contributed by atoms with Gasteiger partial charge in [-0.25, -0.2) is 4.39 Å². The Labute approximate surface area is 139 Å². The molecule has 0 aromatic heterocycles. The molecule has 0 fully saturated rings. The Morgan fingerprint density at radius 2 is 1.62 bits per heavy atom. The van der Waals surface area contributed by atoms with Crippen LogP contribution in [0.3, 0.4) is 0 Å². The summed E-state index contributed by atoms with van der Waals surface area (Å²) in [5.41, 5.74) is 7.01. The highest BCUT2D eigenvalue weighted by Gasteiger charge is 2.09. The monoisotopic (exact) mass is 417 g/mol. The maximum absolute atomic E-state index is 13.4. The largest absolute Gasteiger partial charge is 0.496 e. The zero-order valence-corrected chi connectivity index (χ0v) is 14.5. The fourth-order valence-electron chi connectivity index (χ4n) is 1.86. The molecule has 0 amide bonds. The third-order valence-corrected chi connectivity index (χ3v) is 4.09. The van der Waals surface area contributed by atoms with Crippen LogP contribution >= 0.6 is 31.9 Å². The predicted molar refractivity (Wildman–Crippen MR) is 87.0 cm³/mol. The molecule has 0 unspecified atom stereocenters. The van der Waals surface area contributed by atoms with Crippen LogP contribution in [-0.4, -0.2) is 7.11 Å². The second-order valence-corrected chi connectivity index (χ2v) is 6.09. The first-order valence-corrected chi connectivity index (χ1v) is 7.76. The van der Waals surface area contributed by atoms with Crippen molar-refractivity contribution in [1.82, 2.24) is 0 Å². The number of hydrogen-bond acceptors (Lipinski definition) is 3. The van der Waals surface area contributed by atoms with Crippen LogP contribution in [0.1, 0.15) is 11.1 Å². The summed E-state index contributed by atoms with van der Waals surface area (Å²) >= 11 is 6.82. The summed E-state index contributed by atoms with van der Waals surface area (Å²) in [6.45, 7) is 0.546. The van der Waals surface area contributed by atoms with Crippen molar-refractivity contribution in [3.63, 3.8) is 0 Å². The molecule has 0 aliphatic carbocycles. The van der Waals surface area contributed by atoms with E-state index < -0.39 is 0 Å². The summed E-state index contributed by atoms with van der Waals surface area (Å²) in [5.74, 6) is 1.03. The van der Waals surface area contributed by atoms with E-state index in [0.29, 0.717) is 18.0 Å². The Morgan fingerprint density at radius 1 is 1.00 bits per heavy atom. The molecule has 0 heterocycles. The van der Waals surface area contributed by atoms with E-state index in [1.165, 1.54) is 12.1 Å². The van der Waals surface area contributed by atoms with Gasteiger partial charge in [0.25, 0.3) is 0 Å². The lowest BCUT2D eigenvalue weighted by Crippen LogP contribution is -2.02. The summed E-state index contributed by atoms with van der Waals surface area (Å²) in [4.78, 5) is 0. The number of benzene rings is 2. The molecule has 21 heavy (non-hydrogen) atoms. The molecular weight excluding hydrogens is 405 g/mol. The quantitative estimate of drug-likeness (QED) is 0.782. The van der Waals surface area contributed by atoms with Crippen molar-refractivity contribution >= 4 is 31.9 Å². The van der Waals surface area contributed by atoms with Crippen molar-refractivity contribution in [2.75, 3.05) is 7.11 Å². The highest BCUT2D eigenvalue weighted by atomic mass is 79.9. The minimum absolute atomic E-state index is 0.252. The molecular formula is C15H14Br2FNO2. The topological polar surface area (TPSA) is 44.5 Å². The van der Waals surface area contributed by atoms with Crippen molar-refractivity contribution in [3.8, 4) is 11.5 Å². The average molecular weight is 419 g/mol. The summed E-state index contributed by atoms with van der Waals surface area (Å²) in [5, 5.41) is 0. The molecule has 0 aliphatic heterocycles. The van der Waals surface area contributed by atoms with E-state index in [2.05, 4.69) is 31.9 Å². The highest BCUT2D eigenvalue weighted by molar-refractivity contribution is 9.11. The number of halogens is 3. The van der Waals surface area contributed by atoms with Crippen LogP contribution in [0.25, 0.3) is 0 Å². The van der Waals surface area contributed by atoms with E-state index in [1.54, 1.807) is 19.2 Å². The molecule has 0 spiro atoms. The second kappa shape index (κ2) is 7.24. The third-order valence-electron chi connectivity index (χ3n) is 2.85. The van der Waals surface area contributed by atoms with Gasteiger partial charge in [-0.05, 0) is 67.3 Å². The zero-order chi connectivity index (χ0) is 15.4. The summed E-state index contributed by atoms with van der Waals surface area (Å²) in [6, 6.07) is 8.28. The van der Waals surface area contributed by atoms with E-state index in [1.807, 2.05) is 6.07 Å². The minimum atomic E-state index is -0.313. The first kappa shape index (κ1) is 16.3. The fourth-order valence-corrected chi connectivity index (χ4v) is 2.78. The van der Waals surface area contributed by atoms with Gasteiger partial charge in [0.05, 0.1) is 16.1 Å². The molecule has 0 bridgehead atoms. The molecule has 3 nitrogen and oxygen atoms in total. The highest BCUT2D eigenvalue weighted by Crippen LogP contribution is 2.36. The van der Waals surface area contributed by atoms with Crippen LogP contribution < -0.4 is 15.2 Å². The van der Waals surface area contributed by atoms with Crippen LogP contribution in [0.4, 0.5) is 4.39 Å². The van der Waals surface area contributed by atoms with Gasteiger partial charge in [0.2, 0.25) is 0 Å². The smallest absolute Gasteiger partial charge is 0.135 e. The van der Waals surface area contributed by atoms with Gasteiger partial charge in [-0.3, -0.25) is 0 Å². The molecule has 2 aromatic rings. The molecule has 0 saturated heterocycles. The van der Waals surface area contributed by atoms with Crippen LogP contribution in [-0.2, 0) is 13.2 Å². The van der Waals surface area contributed by atoms with Gasteiger partial charge in [-0.2, -0.15) is 0 Å². The SMILES string of the molecule is COc1cc(Br)c(OCc2cc(F)cc(CN)c2)cc1Br. The van der Waals surface area contributed by atoms with Crippen molar-refractivity contribution in [1.29, 1.82) is 0 Å². The standard InChI is InChI=1S/C15H14Br2FNO2/c1-20-14-5-13(17)15(6-12(14)16)21-8-10-2-9(7-19)3-11(18)4-10/h2-6H,7-8,19H2,1H3. The predicted octanol–water partition coefficient (Wildman–Crippen LogP) is 4.40. The van der Waals surface area contributed by atoms with Crippen LogP contribution in [0.2, 0.25) is 0 Å². The van der Waals surface area contributed by atoms with Crippen molar-refractivity contribution < 1.29 is 13.9 Å². The van der Waals surface area contributed by atoms with Gasteiger partial charge in [-0.15, -0.1) is 0 Å². The molecule has 0 radical (unpaired) electrons. The zero-order valence-electron chi connectivity index (χ0n) is 11.3. The van der Waals surface area contributed by atoms with Gasteiger partial charge in [0.1, 0.15) is 23.9 Å². The van der Waals surface area contributed by atoms with Crippen LogP contribution in [0.15, 0.2) is 39.3 Å². The molecule has 0 saturated carbocycles. The molecule has 2 rings (SSSR count). The maximum Gasteiger partial charge on any atom is 0.135 e. The number of ether oxygens (including phenoxy) is 2. The lowest BCUT2D eigenvalue weighted by molar-refractivity contribution is 0.302. The van der Waals surface area contributed by atoms with Gasteiger partial charge in [0.15, 0.2) is 0 Å². The van der Waals surface area contributed by atoms with Crippen molar-refractivity contribution in [2.45, 2.75) is 13.2 Å². The van der Waals surface area contributed by atoms with Gasteiger partial charge in [0, 0.05) is 6.54 Å². The number of methoxy groups -OCH3 is 1. The molecule has 112 valence electrons. The van der Waals surface area contributed by atoms with Gasteiger partial charge in [-0.1, -0.05) is 6.07 Å². The maximum atomic E-state index is 13.4. The summed E-state index contributed by atoms with van der Waals surface area (Å²) < 4.78 is 25.9. The molecule has 6 heteroatoms. The van der Waals surface area contributed by atoms with Crippen LogP contribution in [0.5, 0.6) is 11.5 Å². The molecule has 0 atom stereocenters. The summed E-state index contributed by atoms with van der Waals surface area (Å²) in [7, 11) is 1.59. The third kappa shape index (κ3) is 4.18. The second-order valence-electron chi connectivity index (χ2n) is 4.38. The first-order chi connectivity index (χ1) is 10.0. The van der Waals surface area contributed by atoms with E-state index in [4.69, 9.17) is 15.2 Å². The average Bonchev–Trinajstić information content (AvgIpc) is 2.47. The molecule has 0 aliphatic rings. The van der Waals surface area contributed by atoms with Crippen LogP contribution in [0, 0.1) is 5.82 Å². The fraction of sp³-hybridized carbons (Fsp3) is 0.200. The Kier molecular flexibility index (Phi) is 5.61. The van der Waals surface area contributed by atoms with Gasteiger partial charge >= 0.3 is 0 Å². The Hall–Kier alpha value is -1.11.